The minimum Gasteiger partial charge on any atom is -0.333 e. The van der Waals surface area contributed by atoms with E-state index < -0.39 is 0 Å². The Morgan fingerprint density at radius 3 is 2.79 bits per heavy atom. The number of hydrogen-bond donors (Lipinski definition) is 1. The van der Waals surface area contributed by atoms with Crippen molar-refractivity contribution in [3.05, 3.63) is 69.6 Å². The SMILES string of the molecule is O=C(Cc1n[nH]c(=O)c2ccccc12)N1CCCC1c1nc2ccccc2s1. The second kappa shape index (κ2) is 6.83. The average molecular weight is 390 g/mol. The summed E-state index contributed by atoms with van der Waals surface area (Å²) in [7, 11) is 0. The van der Waals surface area contributed by atoms with Crippen molar-refractivity contribution < 1.29 is 4.79 Å². The van der Waals surface area contributed by atoms with Gasteiger partial charge in [-0.15, -0.1) is 11.3 Å². The van der Waals surface area contributed by atoms with Gasteiger partial charge in [-0.25, -0.2) is 10.1 Å². The molecule has 0 radical (unpaired) electrons. The van der Waals surface area contributed by atoms with Crippen LogP contribution in [0.5, 0.6) is 0 Å². The van der Waals surface area contributed by atoms with Crippen LogP contribution in [0.4, 0.5) is 0 Å². The van der Waals surface area contributed by atoms with Gasteiger partial charge in [-0.1, -0.05) is 30.3 Å². The highest BCUT2D eigenvalue weighted by Crippen LogP contribution is 2.36. The predicted octanol–water partition coefficient (Wildman–Crippen LogP) is 3.44. The predicted molar refractivity (Wildman–Crippen MR) is 109 cm³/mol. The Balaban J connectivity index is 1.45. The standard InChI is InChI=1S/C21H18N4O2S/c26-19(12-16-13-6-1-2-7-14(13)20(27)24-23-16)25-11-5-9-17(25)21-22-15-8-3-4-10-18(15)28-21/h1-4,6-8,10,17H,5,9,11-12H2,(H,24,27). The van der Waals surface area contributed by atoms with E-state index in [1.54, 1.807) is 17.4 Å². The van der Waals surface area contributed by atoms with Crippen molar-refractivity contribution in [1.82, 2.24) is 20.1 Å². The van der Waals surface area contributed by atoms with E-state index in [9.17, 15) is 9.59 Å². The zero-order chi connectivity index (χ0) is 19.1. The molecule has 6 nitrogen and oxygen atoms in total. The molecule has 28 heavy (non-hydrogen) atoms. The highest BCUT2D eigenvalue weighted by atomic mass is 32.1. The third kappa shape index (κ3) is 2.88. The van der Waals surface area contributed by atoms with Crippen molar-refractivity contribution in [2.75, 3.05) is 6.54 Å². The maximum Gasteiger partial charge on any atom is 0.272 e. The third-order valence-corrected chi connectivity index (χ3v) is 6.40. The molecule has 0 saturated carbocycles. The summed E-state index contributed by atoms with van der Waals surface area (Å²) in [6.45, 7) is 0.723. The van der Waals surface area contributed by atoms with Gasteiger partial charge in [0.15, 0.2) is 0 Å². The van der Waals surface area contributed by atoms with Crippen LogP contribution in [0.1, 0.15) is 29.6 Å². The first-order chi connectivity index (χ1) is 13.7. The fourth-order valence-corrected chi connectivity index (χ4v) is 5.02. The molecule has 1 N–H and O–H groups in total. The normalized spacial score (nSPS) is 16.9. The van der Waals surface area contributed by atoms with Gasteiger partial charge in [0.2, 0.25) is 5.91 Å². The molecule has 5 rings (SSSR count). The Hall–Kier alpha value is -3.06. The number of hydrogen-bond acceptors (Lipinski definition) is 5. The molecule has 1 aliphatic heterocycles. The van der Waals surface area contributed by atoms with Crippen LogP contribution in [0.3, 0.4) is 0 Å². The number of para-hydroxylation sites is 1. The van der Waals surface area contributed by atoms with E-state index in [1.807, 2.05) is 41.3 Å². The Morgan fingerprint density at radius 1 is 1.14 bits per heavy atom. The van der Waals surface area contributed by atoms with Gasteiger partial charge in [-0.05, 0) is 31.0 Å². The van der Waals surface area contributed by atoms with Crippen LogP contribution in [0, 0.1) is 0 Å². The van der Waals surface area contributed by atoms with Crippen LogP contribution in [0.25, 0.3) is 21.0 Å². The lowest BCUT2D eigenvalue weighted by atomic mass is 10.1. The summed E-state index contributed by atoms with van der Waals surface area (Å²) in [5, 5.41) is 8.95. The minimum atomic E-state index is -0.236. The third-order valence-electron chi connectivity index (χ3n) is 5.26. The number of benzene rings is 2. The maximum absolute atomic E-state index is 13.1. The molecular weight excluding hydrogens is 372 g/mol. The first kappa shape index (κ1) is 17.1. The largest absolute Gasteiger partial charge is 0.333 e. The molecule has 1 saturated heterocycles. The molecule has 1 aliphatic rings. The fraction of sp³-hybridized carbons (Fsp3) is 0.238. The highest BCUT2D eigenvalue weighted by Gasteiger charge is 2.32. The quantitative estimate of drug-likeness (QED) is 0.581. The van der Waals surface area contributed by atoms with E-state index in [-0.39, 0.29) is 23.9 Å². The van der Waals surface area contributed by atoms with Crippen LogP contribution in [-0.4, -0.2) is 32.5 Å². The topological polar surface area (TPSA) is 79.0 Å². The van der Waals surface area contributed by atoms with Crippen LogP contribution in [0.15, 0.2) is 53.3 Å². The van der Waals surface area contributed by atoms with E-state index >= 15 is 0 Å². The number of nitrogens with zero attached hydrogens (tertiary/aromatic N) is 3. The molecule has 2 aromatic carbocycles. The van der Waals surface area contributed by atoms with Crippen LogP contribution in [0.2, 0.25) is 0 Å². The summed E-state index contributed by atoms with van der Waals surface area (Å²) in [5.74, 6) is 0.0199. The number of rotatable bonds is 3. The fourth-order valence-electron chi connectivity index (χ4n) is 3.91. The summed E-state index contributed by atoms with van der Waals surface area (Å²) < 4.78 is 1.14. The number of aromatic amines is 1. The number of likely N-dealkylation sites (tertiary alicyclic amines) is 1. The first-order valence-electron chi connectivity index (χ1n) is 9.32. The molecular formula is C21H18N4O2S. The number of amides is 1. The lowest BCUT2D eigenvalue weighted by Crippen LogP contribution is -2.32. The molecule has 4 aromatic rings. The zero-order valence-electron chi connectivity index (χ0n) is 15.1. The number of nitrogens with one attached hydrogen (secondary N) is 1. The second-order valence-corrected chi connectivity index (χ2v) is 8.05. The molecule has 2 aromatic heterocycles. The van der Waals surface area contributed by atoms with E-state index in [4.69, 9.17) is 4.98 Å². The average Bonchev–Trinajstić information content (AvgIpc) is 3.37. The number of H-pyrrole nitrogens is 1. The summed E-state index contributed by atoms with van der Waals surface area (Å²) in [6.07, 6.45) is 2.05. The van der Waals surface area contributed by atoms with Gasteiger partial charge in [-0.2, -0.15) is 5.10 Å². The molecule has 0 spiro atoms. The van der Waals surface area contributed by atoms with Gasteiger partial charge in [0.05, 0.1) is 33.8 Å². The first-order valence-corrected chi connectivity index (χ1v) is 10.1. The number of thiazole rings is 1. The molecule has 3 heterocycles. The molecule has 1 atom stereocenters. The van der Waals surface area contributed by atoms with Crippen molar-refractivity contribution >= 4 is 38.2 Å². The monoisotopic (exact) mass is 390 g/mol. The summed E-state index contributed by atoms with van der Waals surface area (Å²) in [4.78, 5) is 31.8. The molecule has 0 bridgehead atoms. The molecule has 1 amide bonds. The number of carbonyl (C=O) groups excluding carboxylic acids is 1. The Bertz CT molecular complexity index is 1210. The van der Waals surface area contributed by atoms with Crippen molar-refractivity contribution in [1.29, 1.82) is 0 Å². The second-order valence-electron chi connectivity index (χ2n) is 6.99. The zero-order valence-corrected chi connectivity index (χ0v) is 15.9. The molecule has 1 fully saturated rings. The Morgan fingerprint density at radius 2 is 1.93 bits per heavy atom. The highest BCUT2D eigenvalue weighted by molar-refractivity contribution is 7.18. The lowest BCUT2D eigenvalue weighted by molar-refractivity contribution is -0.131. The summed E-state index contributed by atoms with van der Waals surface area (Å²) in [5.41, 5.74) is 1.35. The van der Waals surface area contributed by atoms with Crippen LogP contribution >= 0.6 is 11.3 Å². The van der Waals surface area contributed by atoms with Gasteiger partial charge in [0.25, 0.3) is 5.56 Å². The summed E-state index contributed by atoms with van der Waals surface area (Å²) >= 11 is 1.66. The lowest BCUT2D eigenvalue weighted by Gasteiger charge is -2.23. The number of fused-ring (bicyclic) bond motifs is 2. The molecule has 1 unspecified atom stereocenters. The van der Waals surface area contributed by atoms with Crippen molar-refractivity contribution in [2.45, 2.75) is 25.3 Å². The molecule has 7 heteroatoms. The van der Waals surface area contributed by atoms with Crippen molar-refractivity contribution in [3.8, 4) is 0 Å². The Kier molecular flexibility index (Phi) is 4.16. The van der Waals surface area contributed by atoms with Crippen molar-refractivity contribution in [2.24, 2.45) is 0 Å². The minimum absolute atomic E-state index is 0.0129. The number of carbonyl (C=O) groups is 1. The Labute approximate surface area is 164 Å². The molecule has 140 valence electrons. The van der Waals surface area contributed by atoms with Gasteiger partial charge in [0.1, 0.15) is 5.01 Å². The van der Waals surface area contributed by atoms with Crippen LogP contribution < -0.4 is 5.56 Å². The van der Waals surface area contributed by atoms with Gasteiger partial charge in [0, 0.05) is 11.9 Å². The number of aromatic nitrogens is 3. The van der Waals surface area contributed by atoms with E-state index in [0.717, 1.165) is 40.0 Å². The van der Waals surface area contributed by atoms with Gasteiger partial charge >= 0.3 is 0 Å². The van der Waals surface area contributed by atoms with E-state index in [2.05, 4.69) is 16.3 Å². The van der Waals surface area contributed by atoms with Gasteiger partial charge < -0.3 is 4.90 Å². The smallest absolute Gasteiger partial charge is 0.272 e. The molecule has 0 aliphatic carbocycles. The van der Waals surface area contributed by atoms with E-state index in [1.165, 1.54) is 0 Å². The van der Waals surface area contributed by atoms with Gasteiger partial charge in [-0.3, -0.25) is 9.59 Å². The van der Waals surface area contributed by atoms with Crippen molar-refractivity contribution in [3.63, 3.8) is 0 Å². The summed E-state index contributed by atoms with van der Waals surface area (Å²) in [6, 6.07) is 15.3. The maximum atomic E-state index is 13.1. The van der Waals surface area contributed by atoms with E-state index in [0.29, 0.717) is 11.1 Å². The van der Waals surface area contributed by atoms with Crippen LogP contribution in [-0.2, 0) is 11.2 Å².